The van der Waals surface area contributed by atoms with Gasteiger partial charge in [0, 0.05) is 20.4 Å². The molecule has 0 aromatic heterocycles. The van der Waals surface area contributed by atoms with Gasteiger partial charge in [-0.1, -0.05) is 0 Å². The van der Waals surface area contributed by atoms with Gasteiger partial charge in [-0.15, -0.1) is 0 Å². The van der Waals surface area contributed by atoms with Crippen LogP contribution in [0.4, 0.5) is 4.79 Å². The van der Waals surface area contributed by atoms with Crippen LogP contribution in [0, 0.1) is 0 Å². The first-order valence-corrected chi connectivity index (χ1v) is 3.41. The Bertz CT molecular complexity index is 166. The van der Waals surface area contributed by atoms with E-state index in [1.807, 2.05) is 0 Å². The summed E-state index contributed by atoms with van der Waals surface area (Å²) in [7, 11) is 2.81. The fourth-order valence-electron chi connectivity index (χ4n) is 0.335. The van der Waals surface area contributed by atoms with Gasteiger partial charge in [0.05, 0.1) is 0 Å². The van der Waals surface area contributed by atoms with Gasteiger partial charge < -0.3 is 15.2 Å². The molecular weight excluding hydrogens is 176 g/mol. The molecule has 0 unspecified atom stereocenters. The molecule has 76 valence electrons. The van der Waals surface area contributed by atoms with E-state index in [0.717, 1.165) is 0 Å². The van der Waals surface area contributed by atoms with Crippen molar-refractivity contribution < 1.29 is 19.1 Å². The second-order valence-corrected chi connectivity index (χ2v) is 1.70. The van der Waals surface area contributed by atoms with Crippen molar-refractivity contribution in [3.05, 3.63) is 0 Å². The minimum absolute atomic E-state index is 0.583. The highest BCUT2D eigenvalue weighted by Gasteiger charge is 1.97. The molecule has 0 aliphatic carbocycles. The molecule has 2 N–H and O–H groups in total. The first kappa shape index (κ1) is 14.3. The molecular formula is C7H14N2O4. The number of carbonyl (C=O) groups is 2. The largest absolute Gasteiger partial charge is 0.350 e. The summed E-state index contributed by atoms with van der Waals surface area (Å²) in [5.74, 6) is 0. The van der Waals surface area contributed by atoms with Gasteiger partial charge in [0.15, 0.2) is 6.29 Å². The van der Waals surface area contributed by atoms with Crippen LogP contribution in [0.15, 0.2) is 4.99 Å². The Morgan fingerprint density at radius 1 is 1.46 bits per heavy atom. The van der Waals surface area contributed by atoms with Gasteiger partial charge in [0.25, 0.3) is 0 Å². The third kappa shape index (κ3) is 13.7. The number of amides is 2. The maximum atomic E-state index is 9.72. The number of aldehydes is 1. The molecule has 0 bridgehead atoms. The molecule has 2 amide bonds. The Labute approximate surface area is 76.7 Å². The van der Waals surface area contributed by atoms with E-state index in [9.17, 15) is 9.59 Å². The van der Waals surface area contributed by atoms with Crippen LogP contribution in [0.3, 0.4) is 0 Å². The Morgan fingerprint density at radius 3 is 1.92 bits per heavy atom. The van der Waals surface area contributed by atoms with Crippen molar-refractivity contribution in [1.29, 1.82) is 0 Å². The predicted molar refractivity (Wildman–Crippen MR) is 47.6 cm³/mol. The summed E-state index contributed by atoms with van der Waals surface area (Å²) in [4.78, 5) is 22.5. The van der Waals surface area contributed by atoms with E-state index in [1.165, 1.54) is 20.4 Å². The molecule has 0 atom stereocenters. The molecule has 0 fully saturated rings. The molecule has 0 saturated carbocycles. The highest BCUT2D eigenvalue weighted by Crippen LogP contribution is 1.80. The molecule has 0 aliphatic heterocycles. The number of aliphatic imine (C=N–C) groups is 1. The van der Waals surface area contributed by atoms with Crippen LogP contribution in [0.25, 0.3) is 0 Å². The van der Waals surface area contributed by atoms with Crippen LogP contribution in [0.2, 0.25) is 0 Å². The van der Waals surface area contributed by atoms with E-state index in [2.05, 4.69) is 20.2 Å². The average molecular weight is 190 g/mol. The fraction of sp³-hybridized carbons (Fsp3) is 0.571. The summed E-state index contributed by atoms with van der Waals surface area (Å²) >= 11 is 0. The lowest BCUT2D eigenvalue weighted by molar-refractivity contribution is -0.143. The van der Waals surface area contributed by atoms with Crippen molar-refractivity contribution >= 4 is 18.5 Å². The molecule has 6 nitrogen and oxygen atoms in total. The van der Waals surface area contributed by atoms with E-state index in [4.69, 9.17) is 0 Å². The Hall–Kier alpha value is -1.27. The maximum Gasteiger partial charge on any atom is 0.337 e. The maximum absolute atomic E-state index is 9.72. The highest BCUT2D eigenvalue weighted by molar-refractivity contribution is 5.81. The van der Waals surface area contributed by atoms with Gasteiger partial charge in [0.1, 0.15) is 0 Å². The van der Waals surface area contributed by atoms with Gasteiger partial charge in [-0.25, -0.2) is 9.79 Å². The lowest BCUT2D eigenvalue weighted by Gasteiger charge is -2.01. The number of nitrogens with two attached hydrogens (primary N) is 1. The molecule has 0 rings (SSSR count). The topological polar surface area (TPSA) is 91.0 Å². The number of ether oxygens (including phenoxy) is 2. The summed E-state index contributed by atoms with van der Waals surface area (Å²) in [6.07, 6.45) is 1.24. The Morgan fingerprint density at radius 2 is 1.92 bits per heavy atom. The molecule has 13 heavy (non-hydrogen) atoms. The zero-order chi connectivity index (χ0) is 10.7. The van der Waals surface area contributed by atoms with Crippen molar-refractivity contribution in [1.82, 2.24) is 0 Å². The van der Waals surface area contributed by atoms with E-state index >= 15 is 0 Å². The monoisotopic (exact) mass is 190 g/mol. The van der Waals surface area contributed by atoms with Gasteiger partial charge in [0.2, 0.25) is 6.29 Å². The molecule has 0 saturated heterocycles. The smallest absolute Gasteiger partial charge is 0.337 e. The second-order valence-electron chi connectivity index (χ2n) is 1.70. The Kier molecular flexibility index (Phi) is 11.8. The van der Waals surface area contributed by atoms with E-state index in [0.29, 0.717) is 6.29 Å². The zero-order valence-corrected chi connectivity index (χ0v) is 7.89. The fourth-order valence-corrected chi connectivity index (χ4v) is 0.335. The molecule has 0 aromatic carbocycles. The van der Waals surface area contributed by atoms with Crippen molar-refractivity contribution in [2.75, 3.05) is 14.2 Å². The quantitative estimate of drug-likeness (QED) is 0.384. The van der Waals surface area contributed by atoms with E-state index < -0.39 is 12.3 Å². The third-order valence-corrected chi connectivity index (χ3v) is 0.832. The summed E-state index contributed by atoms with van der Waals surface area (Å²) in [5, 5.41) is 0. The van der Waals surface area contributed by atoms with Crippen LogP contribution < -0.4 is 5.73 Å². The number of hydrogen-bond donors (Lipinski definition) is 1. The number of urea groups is 1. The molecule has 6 heteroatoms. The number of primary amides is 1. The Balaban J connectivity index is 0. The second kappa shape index (κ2) is 10.7. The molecule has 0 spiro atoms. The average Bonchev–Trinajstić information content (AvgIpc) is 2.08. The lowest BCUT2D eigenvalue weighted by atomic mass is 10.7. The van der Waals surface area contributed by atoms with E-state index in [-0.39, 0.29) is 0 Å². The number of hydrogen-bond acceptors (Lipinski definition) is 4. The van der Waals surface area contributed by atoms with Crippen molar-refractivity contribution in [2.45, 2.75) is 13.2 Å². The number of nitrogens with zero attached hydrogens (tertiary/aromatic N) is 1. The standard InChI is InChI=1S/C4H8O3.C3H6N2O/c1-6-4(3-5)7-2;1-2-5-3(4)6/h3-4H,1-2H3;2H,1H3,(H2,4,6). The summed E-state index contributed by atoms with van der Waals surface area (Å²) < 4.78 is 8.92. The predicted octanol–water partition coefficient (Wildman–Crippen LogP) is -0.0400. The van der Waals surface area contributed by atoms with Crippen LogP contribution in [0.1, 0.15) is 6.92 Å². The van der Waals surface area contributed by atoms with Crippen LogP contribution in [-0.2, 0) is 14.3 Å². The van der Waals surface area contributed by atoms with Gasteiger partial charge >= 0.3 is 6.03 Å². The third-order valence-electron chi connectivity index (χ3n) is 0.832. The van der Waals surface area contributed by atoms with Crippen LogP contribution >= 0.6 is 0 Å². The molecule has 0 aromatic rings. The van der Waals surface area contributed by atoms with E-state index in [1.54, 1.807) is 6.92 Å². The molecule has 0 heterocycles. The summed E-state index contributed by atoms with van der Waals surface area (Å²) in [6, 6.07) is -0.641. The summed E-state index contributed by atoms with van der Waals surface area (Å²) in [5.41, 5.74) is 4.57. The number of methoxy groups -OCH3 is 2. The van der Waals surface area contributed by atoms with Crippen molar-refractivity contribution in [3.8, 4) is 0 Å². The van der Waals surface area contributed by atoms with Crippen LogP contribution in [0.5, 0.6) is 0 Å². The summed E-state index contributed by atoms with van der Waals surface area (Å²) in [6.45, 7) is 1.63. The normalized spacial score (nSPS) is 9.54. The van der Waals surface area contributed by atoms with Gasteiger partial charge in [-0.2, -0.15) is 0 Å². The highest BCUT2D eigenvalue weighted by atomic mass is 16.7. The number of rotatable bonds is 3. The minimum Gasteiger partial charge on any atom is -0.350 e. The first-order valence-electron chi connectivity index (χ1n) is 3.41. The number of carbonyl (C=O) groups excluding carboxylic acids is 2. The lowest BCUT2D eigenvalue weighted by Crippen LogP contribution is -2.13. The van der Waals surface area contributed by atoms with Gasteiger partial charge in [-0.3, -0.25) is 4.79 Å². The van der Waals surface area contributed by atoms with Crippen molar-refractivity contribution in [3.63, 3.8) is 0 Å². The zero-order valence-electron chi connectivity index (χ0n) is 7.89. The minimum atomic E-state index is -0.694. The molecule has 0 radical (unpaired) electrons. The SMILES string of the molecule is CC=NC(N)=O.COC(C=O)OC. The van der Waals surface area contributed by atoms with Gasteiger partial charge in [-0.05, 0) is 6.92 Å². The van der Waals surface area contributed by atoms with Crippen LogP contribution in [-0.4, -0.2) is 39.0 Å². The first-order chi connectivity index (χ1) is 6.12. The molecule has 0 aliphatic rings. The van der Waals surface area contributed by atoms with Crippen molar-refractivity contribution in [2.24, 2.45) is 10.7 Å².